The van der Waals surface area contributed by atoms with E-state index >= 15 is 0 Å². The van der Waals surface area contributed by atoms with E-state index in [-0.39, 0.29) is 29.9 Å². The second-order valence-electron chi connectivity index (χ2n) is 8.54. The molecule has 2 fully saturated rings. The van der Waals surface area contributed by atoms with Crippen LogP contribution < -0.4 is 5.32 Å². The highest BCUT2D eigenvalue weighted by Gasteiger charge is 2.52. The quantitative estimate of drug-likeness (QED) is 0.684. The zero-order chi connectivity index (χ0) is 21.4. The molecular formula is C20H24N8O3. The molecule has 11 nitrogen and oxygen atoms in total. The lowest BCUT2D eigenvalue weighted by Gasteiger charge is -2.36. The van der Waals surface area contributed by atoms with Crippen LogP contribution in [0.4, 0.5) is 0 Å². The SMILES string of the molecule is C[C@@H]1C[C@]2(CC[C@@H](NCc3ccc(-n4cnnn4)nn3)CC2)C(=O)N1C1=CC(=O)OC1. The first-order valence-corrected chi connectivity index (χ1v) is 10.5. The minimum atomic E-state index is -0.363. The minimum absolute atomic E-state index is 0.0896. The van der Waals surface area contributed by atoms with Crippen LogP contribution in [-0.2, 0) is 20.9 Å². The number of nitrogens with one attached hydrogen (secondary N) is 1. The summed E-state index contributed by atoms with van der Waals surface area (Å²) in [5, 5.41) is 22.9. The summed E-state index contributed by atoms with van der Waals surface area (Å²) in [6, 6.07) is 4.15. The maximum Gasteiger partial charge on any atom is 0.333 e. The minimum Gasteiger partial charge on any atom is -0.456 e. The van der Waals surface area contributed by atoms with Gasteiger partial charge < -0.3 is 15.0 Å². The number of tetrazole rings is 1. The van der Waals surface area contributed by atoms with Gasteiger partial charge in [-0.25, -0.2) is 4.79 Å². The largest absolute Gasteiger partial charge is 0.456 e. The summed E-state index contributed by atoms with van der Waals surface area (Å²) in [5.41, 5.74) is 1.21. The van der Waals surface area contributed by atoms with Crippen LogP contribution in [0.5, 0.6) is 0 Å². The molecular weight excluding hydrogens is 400 g/mol. The molecule has 2 aromatic heterocycles. The van der Waals surface area contributed by atoms with Crippen molar-refractivity contribution in [2.24, 2.45) is 5.41 Å². The summed E-state index contributed by atoms with van der Waals surface area (Å²) in [6.45, 7) is 2.87. The standard InChI is InChI=1S/C20H24N8O3/c1-13-9-20(19(30)28(13)16-8-18(29)31-11-16)6-4-14(5-7-20)21-10-15-2-3-17(24-23-15)27-12-22-25-26-27/h2-3,8,12-14,21H,4-7,9-11H2,1H3/t13-,14-,20-/m1/s1. The van der Waals surface area contributed by atoms with Gasteiger partial charge in [-0.1, -0.05) is 0 Å². The molecule has 0 bridgehead atoms. The summed E-state index contributed by atoms with van der Waals surface area (Å²) in [5.74, 6) is 0.348. The van der Waals surface area contributed by atoms with Gasteiger partial charge in [0.1, 0.15) is 12.9 Å². The molecule has 2 aromatic rings. The maximum absolute atomic E-state index is 13.3. The molecule has 4 heterocycles. The molecule has 1 spiro atoms. The lowest BCUT2D eigenvalue weighted by molar-refractivity contribution is -0.138. The van der Waals surface area contributed by atoms with Crippen LogP contribution in [0.1, 0.15) is 44.7 Å². The average Bonchev–Trinajstić information content (AvgIpc) is 3.50. The van der Waals surface area contributed by atoms with E-state index in [0.717, 1.165) is 37.8 Å². The lowest BCUT2D eigenvalue weighted by Crippen LogP contribution is -2.42. The van der Waals surface area contributed by atoms with Gasteiger partial charge in [-0.2, -0.15) is 9.78 Å². The van der Waals surface area contributed by atoms with E-state index in [4.69, 9.17) is 4.74 Å². The molecule has 1 saturated heterocycles. The van der Waals surface area contributed by atoms with Crippen molar-refractivity contribution in [3.63, 3.8) is 0 Å². The van der Waals surface area contributed by atoms with Gasteiger partial charge in [0.05, 0.1) is 16.8 Å². The van der Waals surface area contributed by atoms with Gasteiger partial charge >= 0.3 is 5.97 Å². The summed E-state index contributed by atoms with van der Waals surface area (Å²) in [7, 11) is 0. The number of carbonyl (C=O) groups excluding carboxylic acids is 2. The molecule has 0 radical (unpaired) electrons. The Balaban J connectivity index is 1.16. The van der Waals surface area contributed by atoms with E-state index < -0.39 is 0 Å². The molecule has 3 aliphatic rings. The maximum atomic E-state index is 13.3. The van der Waals surface area contributed by atoms with Gasteiger partial charge in [0.15, 0.2) is 5.82 Å². The van der Waals surface area contributed by atoms with Crippen molar-refractivity contribution in [2.75, 3.05) is 6.61 Å². The molecule has 1 N–H and O–H groups in total. The van der Waals surface area contributed by atoms with E-state index in [9.17, 15) is 9.59 Å². The number of hydrogen-bond acceptors (Lipinski definition) is 9. The summed E-state index contributed by atoms with van der Waals surface area (Å²) < 4.78 is 6.47. The first-order valence-electron chi connectivity index (χ1n) is 10.5. The van der Waals surface area contributed by atoms with Gasteiger partial charge in [0, 0.05) is 24.7 Å². The van der Waals surface area contributed by atoms with E-state index in [1.165, 1.54) is 17.1 Å². The van der Waals surface area contributed by atoms with Crippen LogP contribution in [0.2, 0.25) is 0 Å². The molecule has 162 valence electrons. The smallest absolute Gasteiger partial charge is 0.333 e. The van der Waals surface area contributed by atoms with Gasteiger partial charge in [-0.15, -0.1) is 10.2 Å². The average molecular weight is 424 g/mol. The lowest BCUT2D eigenvalue weighted by atomic mass is 9.70. The number of hydrogen-bond donors (Lipinski definition) is 1. The fourth-order valence-corrected chi connectivity index (χ4v) is 4.99. The van der Waals surface area contributed by atoms with Crippen molar-refractivity contribution >= 4 is 11.9 Å². The van der Waals surface area contributed by atoms with Crippen molar-refractivity contribution in [2.45, 2.75) is 57.7 Å². The first kappa shape index (κ1) is 19.7. The Morgan fingerprint density at radius 2 is 2.06 bits per heavy atom. The van der Waals surface area contributed by atoms with E-state index in [2.05, 4.69) is 38.0 Å². The second kappa shape index (κ2) is 7.80. The van der Waals surface area contributed by atoms with E-state index in [0.29, 0.717) is 24.1 Å². The fraction of sp³-hybridized carbons (Fsp3) is 0.550. The number of aromatic nitrogens is 6. The van der Waals surface area contributed by atoms with Crippen LogP contribution in [0.3, 0.4) is 0 Å². The zero-order valence-electron chi connectivity index (χ0n) is 17.3. The third-order valence-electron chi connectivity index (χ3n) is 6.56. The van der Waals surface area contributed by atoms with Crippen molar-refractivity contribution in [1.82, 2.24) is 40.6 Å². The predicted molar refractivity (Wildman–Crippen MR) is 106 cm³/mol. The van der Waals surface area contributed by atoms with Crippen molar-refractivity contribution in [3.05, 3.63) is 35.9 Å². The van der Waals surface area contributed by atoms with Gasteiger partial charge in [0.2, 0.25) is 5.91 Å². The number of amides is 1. The highest BCUT2D eigenvalue weighted by atomic mass is 16.5. The molecule has 1 amide bonds. The van der Waals surface area contributed by atoms with Crippen LogP contribution in [0.25, 0.3) is 5.82 Å². The fourth-order valence-electron chi connectivity index (χ4n) is 4.99. The highest BCUT2D eigenvalue weighted by molar-refractivity contribution is 5.91. The molecule has 0 aromatic carbocycles. The molecule has 0 unspecified atom stereocenters. The number of ether oxygens (including phenoxy) is 1. The number of rotatable bonds is 5. The number of carbonyl (C=O) groups is 2. The number of likely N-dealkylation sites (tertiary alicyclic amines) is 1. The Kier molecular flexibility index (Phi) is 4.97. The van der Waals surface area contributed by atoms with Crippen LogP contribution >= 0.6 is 0 Å². The third-order valence-corrected chi connectivity index (χ3v) is 6.56. The summed E-state index contributed by atoms with van der Waals surface area (Å²) in [6.07, 6.45) is 7.29. The number of cyclic esters (lactones) is 1. The number of esters is 1. The third kappa shape index (κ3) is 3.69. The molecule has 5 rings (SSSR count). The Hall–Kier alpha value is -3.21. The topological polar surface area (TPSA) is 128 Å². The van der Waals surface area contributed by atoms with Crippen LogP contribution in [0, 0.1) is 5.41 Å². The van der Waals surface area contributed by atoms with Gasteiger partial charge in [-0.3, -0.25) is 4.79 Å². The van der Waals surface area contributed by atoms with E-state index in [1.807, 2.05) is 12.1 Å². The Morgan fingerprint density at radius 3 is 2.71 bits per heavy atom. The van der Waals surface area contributed by atoms with Crippen LogP contribution in [0.15, 0.2) is 30.2 Å². The summed E-state index contributed by atoms with van der Waals surface area (Å²) in [4.78, 5) is 26.5. The molecule has 11 heteroatoms. The van der Waals surface area contributed by atoms with Crippen LogP contribution in [-0.4, -0.2) is 65.9 Å². The predicted octanol–water partition coefficient (Wildman–Crippen LogP) is 0.532. The van der Waals surface area contributed by atoms with Crippen molar-refractivity contribution < 1.29 is 14.3 Å². The summed E-state index contributed by atoms with van der Waals surface area (Å²) >= 11 is 0. The Bertz CT molecular complexity index is 996. The van der Waals surface area contributed by atoms with Crippen molar-refractivity contribution in [1.29, 1.82) is 0 Å². The molecule has 1 atom stereocenters. The zero-order valence-corrected chi connectivity index (χ0v) is 17.3. The van der Waals surface area contributed by atoms with Gasteiger partial charge in [0.25, 0.3) is 0 Å². The van der Waals surface area contributed by atoms with Gasteiger partial charge in [-0.05, 0) is 61.6 Å². The molecule has 1 saturated carbocycles. The molecule has 2 aliphatic heterocycles. The monoisotopic (exact) mass is 424 g/mol. The van der Waals surface area contributed by atoms with Crippen molar-refractivity contribution in [3.8, 4) is 5.82 Å². The molecule has 1 aliphatic carbocycles. The Morgan fingerprint density at radius 1 is 1.23 bits per heavy atom. The number of nitrogens with zero attached hydrogens (tertiary/aromatic N) is 7. The second-order valence-corrected chi connectivity index (χ2v) is 8.54. The normalized spacial score (nSPS) is 28.3. The highest BCUT2D eigenvalue weighted by Crippen LogP contribution is 2.48. The molecule has 31 heavy (non-hydrogen) atoms. The van der Waals surface area contributed by atoms with E-state index in [1.54, 1.807) is 4.90 Å². The first-order chi connectivity index (χ1) is 15.0. The Labute approximate surface area is 178 Å².